The van der Waals surface area contributed by atoms with E-state index in [1.54, 1.807) is 18.2 Å². The molecule has 2 aromatic rings. The van der Waals surface area contributed by atoms with Crippen LogP contribution >= 0.6 is 23.2 Å². The molecule has 0 spiro atoms. The largest absolute Gasteiger partial charge is 0.485 e. The first-order chi connectivity index (χ1) is 10.1. The van der Waals surface area contributed by atoms with Crippen LogP contribution in [0, 0.1) is 0 Å². The fourth-order valence-corrected chi connectivity index (χ4v) is 2.22. The fourth-order valence-electron chi connectivity index (χ4n) is 1.81. The average Bonchev–Trinajstić information content (AvgIpc) is 2.45. The van der Waals surface area contributed by atoms with Gasteiger partial charge in [-0.3, -0.25) is 4.79 Å². The van der Waals surface area contributed by atoms with Gasteiger partial charge in [0.25, 0.3) is 5.91 Å². The van der Waals surface area contributed by atoms with Gasteiger partial charge in [0.2, 0.25) is 11.4 Å². The highest BCUT2D eigenvalue weighted by atomic mass is 35.5. The maximum Gasteiger partial charge on any atom is 0.270 e. The molecule has 0 fully saturated rings. The number of halogens is 2. The Hall–Kier alpha value is -2.05. The number of ether oxygens (including phenoxy) is 2. The molecule has 2 heterocycles. The second kappa shape index (κ2) is 5.75. The maximum absolute atomic E-state index is 12.1. The highest BCUT2D eigenvalue weighted by molar-refractivity contribution is 6.32. The molecule has 1 aliphatic heterocycles. The van der Waals surface area contributed by atoms with E-state index in [0.29, 0.717) is 11.5 Å². The van der Waals surface area contributed by atoms with E-state index in [1.807, 2.05) is 6.07 Å². The van der Waals surface area contributed by atoms with Crippen LogP contribution < -0.4 is 14.8 Å². The number of hydrogen-bond donors (Lipinski definition) is 1. The molecule has 0 radical (unpaired) electrons. The number of amides is 1. The zero-order chi connectivity index (χ0) is 14.8. The number of carbonyl (C=O) groups is 1. The monoisotopic (exact) mass is 325 g/mol. The van der Waals surface area contributed by atoms with Crippen LogP contribution in [0.15, 0.2) is 30.3 Å². The SMILES string of the molecule is O=C(Nc1cc(Cl)nc(Cl)n1)C1COc2ccccc2O1. The minimum Gasteiger partial charge on any atom is -0.485 e. The molecule has 1 atom stereocenters. The van der Waals surface area contributed by atoms with Crippen LogP contribution in [0.25, 0.3) is 0 Å². The van der Waals surface area contributed by atoms with Crippen LogP contribution in [-0.4, -0.2) is 28.6 Å². The van der Waals surface area contributed by atoms with Crippen molar-refractivity contribution in [1.29, 1.82) is 0 Å². The van der Waals surface area contributed by atoms with Crippen molar-refractivity contribution in [3.63, 3.8) is 0 Å². The van der Waals surface area contributed by atoms with E-state index in [1.165, 1.54) is 6.07 Å². The van der Waals surface area contributed by atoms with Crippen LogP contribution in [0.1, 0.15) is 0 Å². The lowest BCUT2D eigenvalue weighted by molar-refractivity contribution is -0.125. The number of rotatable bonds is 2. The maximum atomic E-state index is 12.1. The summed E-state index contributed by atoms with van der Waals surface area (Å²) in [7, 11) is 0. The van der Waals surface area contributed by atoms with Crippen LogP contribution in [0.5, 0.6) is 11.5 Å². The highest BCUT2D eigenvalue weighted by Gasteiger charge is 2.27. The topological polar surface area (TPSA) is 73.3 Å². The van der Waals surface area contributed by atoms with Crippen molar-refractivity contribution in [1.82, 2.24) is 9.97 Å². The molecule has 0 saturated carbocycles. The molecule has 0 bridgehead atoms. The van der Waals surface area contributed by atoms with Gasteiger partial charge in [0.1, 0.15) is 17.6 Å². The molecule has 0 aliphatic carbocycles. The van der Waals surface area contributed by atoms with E-state index in [0.717, 1.165) is 0 Å². The first kappa shape index (κ1) is 13.9. The first-order valence-electron chi connectivity index (χ1n) is 6.01. The number of benzene rings is 1. The lowest BCUT2D eigenvalue weighted by Gasteiger charge is -2.25. The summed E-state index contributed by atoms with van der Waals surface area (Å²) in [4.78, 5) is 19.7. The van der Waals surface area contributed by atoms with Gasteiger partial charge >= 0.3 is 0 Å². The van der Waals surface area contributed by atoms with Crippen molar-refractivity contribution in [3.05, 3.63) is 40.8 Å². The average molecular weight is 326 g/mol. The van der Waals surface area contributed by atoms with Gasteiger partial charge in [0.05, 0.1) is 0 Å². The Balaban J connectivity index is 1.72. The van der Waals surface area contributed by atoms with Crippen LogP contribution in [0.2, 0.25) is 10.4 Å². The Kier molecular flexibility index (Phi) is 3.81. The third-order valence-electron chi connectivity index (χ3n) is 2.72. The van der Waals surface area contributed by atoms with Gasteiger partial charge in [-0.05, 0) is 23.7 Å². The molecule has 21 heavy (non-hydrogen) atoms. The molecule has 1 N–H and O–H groups in total. The number of nitrogens with zero attached hydrogens (tertiary/aromatic N) is 2. The van der Waals surface area contributed by atoms with E-state index in [4.69, 9.17) is 32.7 Å². The van der Waals surface area contributed by atoms with Crippen molar-refractivity contribution in [3.8, 4) is 11.5 Å². The smallest absolute Gasteiger partial charge is 0.270 e. The number of nitrogens with one attached hydrogen (secondary N) is 1. The summed E-state index contributed by atoms with van der Waals surface area (Å²) in [5.74, 6) is 0.917. The van der Waals surface area contributed by atoms with Crippen molar-refractivity contribution in [2.75, 3.05) is 11.9 Å². The number of aromatic nitrogens is 2. The van der Waals surface area contributed by atoms with Crippen LogP contribution in [-0.2, 0) is 4.79 Å². The standard InChI is InChI=1S/C13H9Cl2N3O3/c14-10-5-11(18-13(15)16-10)17-12(19)9-6-20-7-3-1-2-4-8(7)21-9/h1-5,9H,6H2,(H,16,17,18,19). The van der Waals surface area contributed by atoms with Crippen molar-refractivity contribution >= 4 is 34.9 Å². The Morgan fingerprint density at radius 2 is 2.00 bits per heavy atom. The molecule has 1 aromatic carbocycles. The second-order valence-corrected chi connectivity index (χ2v) is 4.92. The molecular formula is C13H9Cl2N3O3. The molecule has 3 rings (SSSR count). The summed E-state index contributed by atoms with van der Waals surface area (Å²) in [6.07, 6.45) is -0.785. The molecule has 1 unspecified atom stereocenters. The summed E-state index contributed by atoms with van der Waals surface area (Å²) >= 11 is 11.4. The number of hydrogen-bond acceptors (Lipinski definition) is 5. The minimum atomic E-state index is -0.785. The molecule has 1 amide bonds. The van der Waals surface area contributed by atoms with Crippen molar-refractivity contribution in [2.24, 2.45) is 0 Å². The first-order valence-corrected chi connectivity index (χ1v) is 6.77. The van der Waals surface area contributed by atoms with E-state index in [9.17, 15) is 4.79 Å². The Bertz CT molecular complexity index is 676. The number of anilines is 1. The predicted octanol–water partition coefficient (Wildman–Crippen LogP) is 2.56. The quantitative estimate of drug-likeness (QED) is 0.678. The van der Waals surface area contributed by atoms with Gasteiger partial charge in [-0.15, -0.1) is 0 Å². The molecule has 0 saturated heterocycles. The van der Waals surface area contributed by atoms with E-state index in [2.05, 4.69) is 15.3 Å². The molecule has 1 aromatic heterocycles. The van der Waals surface area contributed by atoms with E-state index in [-0.39, 0.29) is 22.9 Å². The summed E-state index contributed by atoms with van der Waals surface area (Å²) < 4.78 is 11.1. The predicted molar refractivity (Wildman–Crippen MR) is 77.0 cm³/mol. The van der Waals surface area contributed by atoms with Gasteiger partial charge in [0.15, 0.2) is 11.5 Å². The van der Waals surface area contributed by atoms with Crippen molar-refractivity contribution in [2.45, 2.75) is 6.10 Å². The summed E-state index contributed by atoms with van der Waals surface area (Å²) in [6.45, 7) is 0.107. The highest BCUT2D eigenvalue weighted by Crippen LogP contribution is 2.31. The number of fused-ring (bicyclic) bond motifs is 1. The molecule has 6 nitrogen and oxygen atoms in total. The second-order valence-electron chi connectivity index (χ2n) is 4.20. The van der Waals surface area contributed by atoms with Crippen LogP contribution in [0.4, 0.5) is 5.82 Å². The Morgan fingerprint density at radius 3 is 2.76 bits per heavy atom. The van der Waals surface area contributed by atoms with Gasteiger partial charge in [-0.1, -0.05) is 23.7 Å². The van der Waals surface area contributed by atoms with E-state index < -0.39 is 12.0 Å². The minimum absolute atomic E-state index is 0.0519. The van der Waals surface area contributed by atoms with Gasteiger partial charge < -0.3 is 14.8 Å². The van der Waals surface area contributed by atoms with Gasteiger partial charge in [0, 0.05) is 6.07 Å². The Labute approximate surface area is 130 Å². The van der Waals surface area contributed by atoms with Crippen molar-refractivity contribution < 1.29 is 14.3 Å². The number of para-hydroxylation sites is 2. The summed E-state index contributed by atoms with van der Waals surface area (Å²) in [5, 5.41) is 2.64. The summed E-state index contributed by atoms with van der Waals surface area (Å²) in [5.41, 5.74) is 0. The van der Waals surface area contributed by atoms with Gasteiger partial charge in [-0.25, -0.2) is 9.97 Å². The Morgan fingerprint density at radius 1 is 1.24 bits per heavy atom. The fraction of sp³-hybridized carbons (Fsp3) is 0.154. The molecule has 1 aliphatic rings. The molecule has 108 valence electrons. The number of carbonyl (C=O) groups excluding carboxylic acids is 1. The van der Waals surface area contributed by atoms with Gasteiger partial charge in [-0.2, -0.15) is 0 Å². The van der Waals surface area contributed by atoms with E-state index >= 15 is 0 Å². The normalized spacial score (nSPS) is 16.4. The van der Waals surface area contributed by atoms with Crippen LogP contribution in [0.3, 0.4) is 0 Å². The third-order valence-corrected chi connectivity index (χ3v) is 3.08. The lowest BCUT2D eigenvalue weighted by atomic mass is 10.2. The zero-order valence-corrected chi connectivity index (χ0v) is 12.1. The summed E-state index contributed by atoms with van der Waals surface area (Å²) in [6, 6.07) is 8.52. The molecular weight excluding hydrogens is 317 g/mol. The molecule has 8 heteroatoms. The lowest BCUT2D eigenvalue weighted by Crippen LogP contribution is -2.40. The third kappa shape index (κ3) is 3.17. The zero-order valence-electron chi connectivity index (χ0n) is 10.5.